The molecule has 1 aromatic heterocycles. The molecule has 194 valence electrons. The lowest BCUT2D eigenvalue weighted by Gasteiger charge is -2.21. The van der Waals surface area contributed by atoms with Crippen LogP contribution in [-0.4, -0.2) is 57.9 Å². The molecule has 2 aliphatic heterocycles. The molecule has 0 spiro atoms. The first-order valence-corrected chi connectivity index (χ1v) is 13.8. The van der Waals surface area contributed by atoms with Crippen molar-refractivity contribution in [2.75, 3.05) is 48.5 Å². The maximum absolute atomic E-state index is 12.6. The number of hydrogen-bond donors (Lipinski definition) is 1. The first-order valence-electron chi connectivity index (χ1n) is 12.4. The lowest BCUT2D eigenvalue weighted by molar-refractivity contribution is 0.390. The van der Waals surface area contributed by atoms with Gasteiger partial charge < -0.3 is 18.7 Å². The van der Waals surface area contributed by atoms with Crippen molar-refractivity contribution in [3.05, 3.63) is 60.2 Å². The number of ether oxygens (including phenoxy) is 1. The van der Waals surface area contributed by atoms with E-state index in [1.807, 2.05) is 6.07 Å². The summed E-state index contributed by atoms with van der Waals surface area (Å²) in [5.41, 5.74) is 3.73. The Labute approximate surface area is 217 Å². The van der Waals surface area contributed by atoms with Gasteiger partial charge in [0.1, 0.15) is 10.7 Å². The van der Waals surface area contributed by atoms with Crippen LogP contribution in [0.5, 0.6) is 11.5 Å². The van der Waals surface area contributed by atoms with Crippen LogP contribution >= 0.6 is 0 Å². The number of aromatic nitrogens is 2. The van der Waals surface area contributed by atoms with E-state index < -0.39 is 10.1 Å². The molecule has 0 unspecified atom stereocenters. The first kappa shape index (κ1) is 24.8. The number of methoxy groups -OCH3 is 1. The predicted octanol–water partition coefficient (Wildman–Crippen LogP) is 3.90. The number of anilines is 3. The third kappa shape index (κ3) is 5.93. The molecule has 2 saturated heterocycles. The molecule has 37 heavy (non-hydrogen) atoms. The Kier molecular flexibility index (Phi) is 7.40. The standard InChI is InChI=1S/C26H30N6O4S/c1-35-23-17-20(11-12-22(23)36-37(33,34)21-9-3-2-4-10-21)19-27-30-24-18-25(31-13-5-6-14-31)29-26(28-24)32-15-7-8-16-32/h2-4,9-12,17-19H,5-8,13-16H2,1H3,(H,28,29,30)/b27-19-. The van der Waals surface area contributed by atoms with E-state index in [0.29, 0.717) is 11.4 Å². The summed E-state index contributed by atoms with van der Waals surface area (Å²) in [6.45, 7) is 3.90. The van der Waals surface area contributed by atoms with E-state index in [9.17, 15) is 8.42 Å². The van der Waals surface area contributed by atoms with E-state index in [1.54, 1.807) is 42.6 Å². The Hall–Kier alpha value is -3.86. The first-order chi connectivity index (χ1) is 18.0. The van der Waals surface area contributed by atoms with Crippen LogP contribution in [0.2, 0.25) is 0 Å². The lowest BCUT2D eigenvalue weighted by atomic mass is 10.2. The Bertz CT molecular complexity index is 1320. The fourth-order valence-electron chi connectivity index (χ4n) is 4.41. The number of rotatable bonds is 9. The highest BCUT2D eigenvalue weighted by molar-refractivity contribution is 7.87. The molecule has 0 bridgehead atoms. The topological polar surface area (TPSA) is 109 Å². The minimum absolute atomic E-state index is 0.0679. The molecule has 5 rings (SSSR count). The molecule has 2 aromatic carbocycles. The summed E-state index contributed by atoms with van der Waals surface area (Å²) < 4.78 is 35.9. The van der Waals surface area contributed by atoms with Gasteiger partial charge in [0, 0.05) is 32.2 Å². The molecule has 2 aliphatic rings. The third-order valence-corrected chi connectivity index (χ3v) is 7.58. The van der Waals surface area contributed by atoms with Crippen LogP contribution in [-0.2, 0) is 10.1 Å². The summed E-state index contributed by atoms with van der Waals surface area (Å²) in [5, 5.41) is 4.36. The summed E-state index contributed by atoms with van der Waals surface area (Å²) in [5.74, 6) is 2.63. The van der Waals surface area contributed by atoms with Crippen LogP contribution in [0.25, 0.3) is 0 Å². The highest BCUT2D eigenvalue weighted by atomic mass is 32.2. The maximum atomic E-state index is 12.6. The van der Waals surface area contributed by atoms with Crippen molar-refractivity contribution >= 4 is 33.9 Å². The number of hydrazone groups is 1. The summed E-state index contributed by atoms with van der Waals surface area (Å²) >= 11 is 0. The second-order valence-corrected chi connectivity index (χ2v) is 10.5. The lowest BCUT2D eigenvalue weighted by Crippen LogP contribution is -2.24. The predicted molar refractivity (Wildman–Crippen MR) is 143 cm³/mol. The van der Waals surface area contributed by atoms with Crippen LogP contribution < -0.4 is 24.1 Å². The van der Waals surface area contributed by atoms with Crippen molar-refractivity contribution in [3.63, 3.8) is 0 Å². The van der Waals surface area contributed by atoms with E-state index in [1.165, 1.54) is 19.2 Å². The highest BCUT2D eigenvalue weighted by Crippen LogP contribution is 2.30. The van der Waals surface area contributed by atoms with E-state index in [0.717, 1.165) is 63.6 Å². The summed E-state index contributed by atoms with van der Waals surface area (Å²) in [6.07, 6.45) is 6.24. The van der Waals surface area contributed by atoms with Crippen LogP contribution in [0, 0.1) is 0 Å². The van der Waals surface area contributed by atoms with Crippen molar-refractivity contribution < 1.29 is 17.3 Å². The molecule has 3 heterocycles. The molecule has 0 aliphatic carbocycles. The van der Waals surface area contributed by atoms with Crippen molar-refractivity contribution in [1.82, 2.24) is 9.97 Å². The van der Waals surface area contributed by atoms with Crippen molar-refractivity contribution in [1.29, 1.82) is 0 Å². The fourth-order valence-corrected chi connectivity index (χ4v) is 5.37. The van der Waals surface area contributed by atoms with Gasteiger partial charge in [0.2, 0.25) is 5.95 Å². The van der Waals surface area contributed by atoms with Gasteiger partial charge in [0.05, 0.1) is 13.3 Å². The Morgan fingerprint density at radius 3 is 2.30 bits per heavy atom. The van der Waals surface area contributed by atoms with Crippen LogP contribution in [0.1, 0.15) is 31.2 Å². The monoisotopic (exact) mass is 522 g/mol. The van der Waals surface area contributed by atoms with Crippen LogP contribution in [0.4, 0.5) is 17.6 Å². The van der Waals surface area contributed by atoms with Gasteiger partial charge in [0.25, 0.3) is 0 Å². The minimum Gasteiger partial charge on any atom is -0.493 e. The van der Waals surface area contributed by atoms with Crippen molar-refractivity contribution in [2.24, 2.45) is 5.10 Å². The number of hydrogen-bond acceptors (Lipinski definition) is 10. The smallest absolute Gasteiger partial charge is 0.339 e. The van der Waals surface area contributed by atoms with Crippen LogP contribution in [0.3, 0.4) is 0 Å². The molecule has 0 atom stereocenters. The SMILES string of the molecule is COc1cc(/C=N\Nc2cc(N3CCCC3)nc(N3CCCC3)n2)ccc1OS(=O)(=O)c1ccccc1. The number of nitrogens with zero attached hydrogens (tertiary/aromatic N) is 5. The van der Waals surface area contributed by atoms with Crippen LogP contribution in [0.15, 0.2) is 64.6 Å². The fraction of sp³-hybridized carbons (Fsp3) is 0.346. The zero-order chi connectivity index (χ0) is 25.7. The van der Waals surface area contributed by atoms with Gasteiger partial charge in [-0.3, -0.25) is 5.43 Å². The highest BCUT2D eigenvalue weighted by Gasteiger charge is 2.21. The summed E-state index contributed by atoms with van der Waals surface area (Å²) in [4.78, 5) is 14.1. The molecular formula is C26H30N6O4S. The maximum Gasteiger partial charge on any atom is 0.339 e. The van der Waals surface area contributed by atoms with Crippen molar-refractivity contribution in [2.45, 2.75) is 30.6 Å². The molecule has 2 fully saturated rings. The second kappa shape index (κ2) is 11.0. The molecule has 0 amide bonds. The second-order valence-electron chi connectivity index (χ2n) is 8.93. The minimum atomic E-state index is -3.98. The van der Waals surface area contributed by atoms with Gasteiger partial charge in [-0.1, -0.05) is 18.2 Å². The third-order valence-electron chi connectivity index (χ3n) is 6.33. The molecule has 0 saturated carbocycles. The summed E-state index contributed by atoms with van der Waals surface area (Å²) in [6, 6.07) is 14.8. The molecule has 0 radical (unpaired) electrons. The Morgan fingerprint density at radius 2 is 1.59 bits per heavy atom. The molecule has 11 heteroatoms. The van der Waals surface area contributed by atoms with E-state index in [2.05, 4.69) is 25.3 Å². The van der Waals surface area contributed by atoms with E-state index >= 15 is 0 Å². The van der Waals surface area contributed by atoms with Gasteiger partial charge in [-0.25, -0.2) is 0 Å². The van der Waals surface area contributed by atoms with Gasteiger partial charge in [0.15, 0.2) is 17.3 Å². The number of benzene rings is 2. The van der Waals surface area contributed by atoms with Gasteiger partial charge in [-0.05, 0) is 61.6 Å². The molecule has 10 nitrogen and oxygen atoms in total. The quantitative estimate of drug-likeness (QED) is 0.254. The zero-order valence-corrected chi connectivity index (χ0v) is 21.5. The van der Waals surface area contributed by atoms with E-state index in [-0.39, 0.29) is 16.4 Å². The van der Waals surface area contributed by atoms with Gasteiger partial charge in [-0.15, -0.1) is 0 Å². The van der Waals surface area contributed by atoms with Gasteiger partial charge >= 0.3 is 10.1 Å². The Morgan fingerprint density at radius 1 is 0.892 bits per heavy atom. The zero-order valence-electron chi connectivity index (χ0n) is 20.7. The molecular weight excluding hydrogens is 492 g/mol. The molecule has 3 aromatic rings. The molecule has 1 N–H and O–H groups in total. The van der Waals surface area contributed by atoms with Gasteiger partial charge in [-0.2, -0.15) is 23.5 Å². The van der Waals surface area contributed by atoms with E-state index in [4.69, 9.17) is 13.9 Å². The summed E-state index contributed by atoms with van der Waals surface area (Å²) in [7, 11) is -2.53. The van der Waals surface area contributed by atoms with Crippen molar-refractivity contribution in [3.8, 4) is 11.5 Å². The average Bonchev–Trinajstić information content (AvgIpc) is 3.65. The normalized spacial score (nSPS) is 15.9. The average molecular weight is 523 g/mol. The number of nitrogens with one attached hydrogen (secondary N) is 1. The largest absolute Gasteiger partial charge is 0.493 e. The Balaban J connectivity index is 1.32.